The van der Waals surface area contributed by atoms with Crippen LogP contribution in [0.4, 0.5) is 0 Å². The molecule has 1 aliphatic rings. The number of terminal acetylenes is 1. The van der Waals surface area contributed by atoms with Gasteiger partial charge in [0.1, 0.15) is 6.10 Å². The van der Waals surface area contributed by atoms with Crippen LogP contribution in [0, 0.1) is 12.3 Å². The van der Waals surface area contributed by atoms with E-state index in [-0.39, 0.29) is 5.91 Å². The number of aryl methyl sites for hydroxylation is 1. The summed E-state index contributed by atoms with van der Waals surface area (Å²) in [5.41, 5.74) is 2.21. The highest BCUT2D eigenvalue weighted by Gasteiger charge is 2.34. The zero-order chi connectivity index (χ0) is 19.7. The molecule has 0 spiro atoms. The first kappa shape index (κ1) is 18.3. The highest BCUT2D eigenvalue weighted by atomic mass is 32.1. The number of hydrogen-bond acceptors (Lipinski definition) is 4. The van der Waals surface area contributed by atoms with Crippen LogP contribution in [0.3, 0.4) is 0 Å². The zero-order valence-corrected chi connectivity index (χ0v) is 16.5. The minimum atomic E-state index is -0.800. The topological polar surface area (TPSA) is 52.8 Å². The lowest BCUT2D eigenvalue weighted by Crippen LogP contribution is -2.43. The molecule has 5 nitrogen and oxygen atoms in total. The van der Waals surface area contributed by atoms with Crippen molar-refractivity contribution in [3.8, 4) is 23.8 Å². The molecule has 2 unspecified atom stereocenters. The molecular formula is C22H20N2O3S. The molecule has 3 aromatic rings. The van der Waals surface area contributed by atoms with Crippen molar-refractivity contribution in [2.45, 2.75) is 39.0 Å². The van der Waals surface area contributed by atoms with Gasteiger partial charge < -0.3 is 14.0 Å². The average molecular weight is 392 g/mol. The molecule has 0 fully saturated rings. The number of amides is 1. The van der Waals surface area contributed by atoms with Gasteiger partial charge in [-0.2, -0.15) is 4.99 Å². The third-order valence-electron chi connectivity index (χ3n) is 4.70. The van der Waals surface area contributed by atoms with E-state index in [2.05, 4.69) is 30.0 Å². The monoisotopic (exact) mass is 392 g/mol. The van der Waals surface area contributed by atoms with E-state index < -0.39 is 12.2 Å². The van der Waals surface area contributed by atoms with Gasteiger partial charge in [-0.05, 0) is 43.2 Å². The molecule has 0 aliphatic carbocycles. The summed E-state index contributed by atoms with van der Waals surface area (Å²) in [4.78, 5) is 17.8. The number of hydrogen-bond donors (Lipinski definition) is 0. The summed E-state index contributed by atoms with van der Waals surface area (Å²) in [5, 5.41) is 0. The van der Waals surface area contributed by atoms with E-state index in [9.17, 15) is 4.79 Å². The molecule has 1 aromatic heterocycles. The normalized spacial score (nSPS) is 18.8. The van der Waals surface area contributed by atoms with Crippen molar-refractivity contribution < 1.29 is 14.3 Å². The lowest BCUT2D eigenvalue weighted by atomic mass is 10.1. The fraction of sp³-hybridized carbons (Fsp3) is 0.273. The van der Waals surface area contributed by atoms with Gasteiger partial charge in [-0.25, -0.2) is 0 Å². The van der Waals surface area contributed by atoms with Crippen LogP contribution in [-0.2, 0) is 17.8 Å². The van der Waals surface area contributed by atoms with Crippen LogP contribution in [0.5, 0.6) is 11.5 Å². The highest BCUT2D eigenvalue weighted by Crippen LogP contribution is 2.33. The number of ether oxygens (including phenoxy) is 2. The van der Waals surface area contributed by atoms with Crippen LogP contribution < -0.4 is 14.3 Å². The van der Waals surface area contributed by atoms with E-state index in [0.29, 0.717) is 22.8 Å². The molecule has 0 N–H and O–H groups in total. The second kappa shape index (κ2) is 7.53. The largest absolute Gasteiger partial charge is 0.482 e. The van der Waals surface area contributed by atoms with Gasteiger partial charge in [0, 0.05) is 0 Å². The van der Waals surface area contributed by atoms with Gasteiger partial charge in [0.05, 0.1) is 16.8 Å². The molecule has 1 aliphatic heterocycles. The minimum absolute atomic E-state index is 0.345. The van der Waals surface area contributed by atoms with Crippen LogP contribution in [-0.4, -0.2) is 22.7 Å². The molecule has 28 heavy (non-hydrogen) atoms. The fourth-order valence-corrected chi connectivity index (χ4v) is 4.31. The fourth-order valence-electron chi connectivity index (χ4n) is 3.22. The Bertz CT molecular complexity index is 1150. The first-order valence-electron chi connectivity index (χ1n) is 9.17. The summed E-state index contributed by atoms with van der Waals surface area (Å²) < 4.78 is 14.6. The van der Waals surface area contributed by atoms with E-state index >= 15 is 0 Å². The molecule has 1 amide bonds. The first-order chi connectivity index (χ1) is 13.6. The molecular weight excluding hydrogens is 372 g/mol. The summed E-state index contributed by atoms with van der Waals surface area (Å²) in [6.07, 6.45) is 5.25. The maximum atomic E-state index is 12.9. The first-order valence-corrected chi connectivity index (χ1v) is 9.99. The smallest absolute Gasteiger partial charge is 0.293 e. The molecule has 0 saturated heterocycles. The van der Waals surface area contributed by atoms with Gasteiger partial charge in [-0.15, -0.1) is 6.42 Å². The second-order valence-electron chi connectivity index (χ2n) is 6.59. The molecule has 0 bridgehead atoms. The Morgan fingerprint density at radius 3 is 2.71 bits per heavy atom. The van der Waals surface area contributed by atoms with Crippen LogP contribution >= 0.6 is 11.3 Å². The summed E-state index contributed by atoms with van der Waals surface area (Å²) >= 11 is 1.46. The van der Waals surface area contributed by atoms with Crippen molar-refractivity contribution in [2.24, 2.45) is 4.99 Å². The van der Waals surface area contributed by atoms with Crippen molar-refractivity contribution in [1.82, 2.24) is 4.57 Å². The summed E-state index contributed by atoms with van der Waals surface area (Å²) in [7, 11) is 0. The summed E-state index contributed by atoms with van der Waals surface area (Å²) in [6, 6.07) is 13.5. The van der Waals surface area contributed by atoms with E-state index in [0.717, 1.165) is 16.6 Å². The standard InChI is InChI=1S/C22H20N2O3S/c1-4-12-24-16-11-10-15(5-2)13-19(16)28-22(24)23-21(25)20-14(3)26-17-8-6-7-9-18(17)27-20/h1,6-11,13-14,20H,5,12H2,2-3H3. The number of rotatable bonds is 3. The maximum Gasteiger partial charge on any atom is 0.293 e. The van der Waals surface area contributed by atoms with Gasteiger partial charge in [0.15, 0.2) is 16.3 Å². The van der Waals surface area contributed by atoms with Crippen LogP contribution in [0.15, 0.2) is 47.5 Å². The molecule has 0 saturated carbocycles. The van der Waals surface area contributed by atoms with Crippen molar-refractivity contribution in [3.63, 3.8) is 0 Å². The van der Waals surface area contributed by atoms with Gasteiger partial charge in [0.2, 0.25) is 6.10 Å². The van der Waals surface area contributed by atoms with Gasteiger partial charge in [0.25, 0.3) is 5.91 Å². The van der Waals surface area contributed by atoms with E-state index in [4.69, 9.17) is 15.9 Å². The SMILES string of the molecule is C#CCn1c(=NC(=O)C2Oc3ccccc3OC2C)sc2cc(CC)ccc21. The lowest BCUT2D eigenvalue weighted by Gasteiger charge is -2.29. The van der Waals surface area contributed by atoms with Crippen molar-refractivity contribution in [1.29, 1.82) is 0 Å². The van der Waals surface area contributed by atoms with E-state index in [1.54, 1.807) is 6.07 Å². The molecule has 2 aromatic carbocycles. The third kappa shape index (κ3) is 3.30. The van der Waals surface area contributed by atoms with Crippen molar-refractivity contribution in [3.05, 3.63) is 52.8 Å². The third-order valence-corrected chi connectivity index (χ3v) is 5.74. The van der Waals surface area contributed by atoms with Crippen LogP contribution in [0.25, 0.3) is 10.2 Å². The molecule has 6 heteroatoms. The van der Waals surface area contributed by atoms with Crippen molar-refractivity contribution >= 4 is 27.5 Å². The number of thiazole rings is 1. The number of aromatic nitrogens is 1. The molecule has 4 rings (SSSR count). The van der Waals surface area contributed by atoms with Gasteiger partial charge in [-0.3, -0.25) is 4.79 Å². The number of para-hydroxylation sites is 2. The number of benzene rings is 2. The molecule has 142 valence electrons. The zero-order valence-electron chi connectivity index (χ0n) is 15.7. The Morgan fingerprint density at radius 2 is 2.00 bits per heavy atom. The van der Waals surface area contributed by atoms with E-state index in [1.807, 2.05) is 35.8 Å². The van der Waals surface area contributed by atoms with Crippen molar-refractivity contribution in [2.75, 3.05) is 0 Å². The minimum Gasteiger partial charge on any atom is -0.482 e. The van der Waals surface area contributed by atoms with Crippen LogP contribution in [0.1, 0.15) is 19.4 Å². The molecule has 0 radical (unpaired) electrons. The number of fused-ring (bicyclic) bond motifs is 2. The number of nitrogens with zero attached hydrogens (tertiary/aromatic N) is 2. The maximum absolute atomic E-state index is 12.9. The van der Waals surface area contributed by atoms with Gasteiger partial charge >= 0.3 is 0 Å². The quantitative estimate of drug-likeness (QED) is 0.641. The van der Waals surface area contributed by atoms with E-state index in [1.165, 1.54) is 16.9 Å². The van der Waals surface area contributed by atoms with Crippen LogP contribution in [0.2, 0.25) is 0 Å². The summed E-state index contributed by atoms with van der Waals surface area (Å²) in [5.74, 6) is 3.45. The predicted octanol–water partition coefficient (Wildman–Crippen LogP) is 3.55. The second-order valence-corrected chi connectivity index (χ2v) is 7.60. The number of carbonyl (C=O) groups is 1. The Kier molecular flexibility index (Phi) is 4.93. The Hall–Kier alpha value is -3.04. The number of carbonyl (C=O) groups excluding carboxylic acids is 1. The average Bonchev–Trinajstić information content (AvgIpc) is 3.03. The lowest BCUT2D eigenvalue weighted by molar-refractivity contribution is -0.130. The molecule has 2 atom stereocenters. The Labute approximate surface area is 167 Å². The summed E-state index contributed by atoms with van der Waals surface area (Å²) in [6.45, 7) is 4.26. The Balaban J connectivity index is 1.74. The van der Waals surface area contributed by atoms with Gasteiger partial charge in [-0.1, -0.05) is 42.4 Å². The Morgan fingerprint density at radius 1 is 1.25 bits per heavy atom. The highest BCUT2D eigenvalue weighted by molar-refractivity contribution is 7.16. The predicted molar refractivity (Wildman–Crippen MR) is 110 cm³/mol. The molecule has 2 heterocycles.